The molecule has 4 aromatic carbocycles. The summed E-state index contributed by atoms with van der Waals surface area (Å²) < 4.78 is 5.34. The largest absolute Gasteiger partial charge is 0.497 e. The second kappa shape index (κ2) is 9.38. The van der Waals surface area contributed by atoms with Gasteiger partial charge in [0.05, 0.1) is 24.5 Å². The molecule has 1 aliphatic rings. The van der Waals surface area contributed by atoms with Crippen LogP contribution in [0.2, 0.25) is 0 Å². The van der Waals surface area contributed by atoms with Crippen LogP contribution in [-0.4, -0.2) is 7.11 Å². The zero-order chi connectivity index (χ0) is 22.5. The maximum atomic E-state index is 5.34. The molecular formula is C30H24N2O. The van der Waals surface area contributed by atoms with Crippen LogP contribution in [0.15, 0.2) is 115 Å². The second-order valence-electron chi connectivity index (χ2n) is 7.81. The van der Waals surface area contributed by atoms with Crippen molar-refractivity contribution in [1.29, 1.82) is 0 Å². The highest BCUT2D eigenvalue weighted by molar-refractivity contribution is 5.72. The Balaban J connectivity index is 1.43. The number of hydrazine groups is 1. The Morgan fingerprint density at radius 3 is 1.94 bits per heavy atom. The zero-order valence-corrected chi connectivity index (χ0v) is 18.4. The van der Waals surface area contributed by atoms with E-state index in [9.17, 15) is 0 Å². The minimum absolute atomic E-state index is 0.0610. The van der Waals surface area contributed by atoms with Crippen molar-refractivity contribution in [2.24, 2.45) is 0 Å². The molecule has 0 spiro atoms. The monoisotopic (exact) mass is 428 g/mol. The molecule has 3 nitrogen and oxygen atoms in total. The molecule has 0 fully saturated rings. The highest BCUT2D eigenvalue weighted by Gasteiger charge is 2.27. The normalized spacial score (nSPS) is 14.6. The number of para-hydroxylation sites is 1. The average molecular weight is 429 g/mol. The van der Waals surface area contributed by atoms with Crippen molar-refractivity contribution in [3.05, 3.63) is 138 Å². The van der Waals surface area contributed by atoms with Crippen molar-refractivity contribution in [2.45, 2.75) is 6.04 Å². The molecular weight excluding hydrogens is 404 g/mol. The van der Waals surface area contributed by atoms with Gasteiger partial charge in [-0.2, -0.15) is 0 Å². The molecule has 33 heavy (non-hydrogen) atoms. The number of hydrogen-bond donors (Lipinski definition) is 1. The van der Waals surface area contributed by atoms with Gasteiger partial charge in [0.15, 0.2) is 0 Å². The summed E-state index contributed by atoms with van der Waals surface area (Å²) in [5.74, 6) is 7.32. The molecule has 0 aromatic heterocycles. The Kier molecular flexibility index (Phi) is 5.82. The first-order chi connectivity index (χ1) is 16.3. The summed E-state index contributed by atoms with van der Waals surface area (Å²) in [7, 11) is 1.69. The average Bonchev–Trinajstić information content (AvgIpc) is 3.34. The number of nitrogens with zero attached hydrogens (tertiary/aromatic N) is 1. The predicted octanol–water partition coefficient (Wildman–Crippen LogP) is 6.20. The molecule has 5 rings (SSSR count). The van der Waals surface area contributed by atoms with Gasteiger partial charge in [-0.15, -0.1) is 0 Å². The number of benzene rings is 4. The summed E-state index contributed by atoms with van der Waals surface area (Å²) in [6, 6.07) is 37.1. The van der Waals surface area contributed by atoms with Gasteiger partial charge in [-0.05, 0) is 65.7 Å². The van der Waals surface area contributed by atoms with E-state index in [1.54, 1.807) is 7.11 Å². The first kappa shape index (κ1) is 20.5. The number of anilines is 1. The number of nitrogens with one attached hydrogen (secondary N) is 1. The molecule has 1 aliphatic heterocycles. The molecule has 0 radical (unpaired) electrons. The fraction of sp³-hybridized carbons (Fsp3) is 0.0667. The zero-order valence-electron chi connectivity index (χ0n) is 18.4. The lowest BCUT2D eigenvalue weighted by Gasteiger charge is -2.27. The van der Waals surface area contributed by atoms with Crippen molar-refractivity contribution in [2.75, 3.05) is 12.1 Å². The van der Waals surface area contributed by atoms with Crippen LogP contribution in [-0.2, 0) is 0 Å². The van der Waals surface area contributed by atoms with Crippen LogP contribution < -0.4 is 15.2 Å². The fourth-order valence-electron chi connectivity index (χ4n) is 3.89. The van der Waals surface area contributed by atoms with Crippen LogP contribution in [0, 0.1) is 11.8 Å². The molecule has 0 aliphatic carbocycles. The molecule has 0 amide bonds. The highest BCUT2D eigenvalue weighted by atomic mass is 16.5. The summed E-state index contributed by atoms with van der Waals surface area (Å²) in [5.41, 5.74) is 10.1. The van der Waals surface area contributed by atoms with Gasteiger partial charge in [0.25, 0.3) is 0 Å². The predicted molar refractivity (Wildman–Crippen MR) is 135 cm³/mol. The van der Waals surface area contributed by atoms with Gasteiger partial charge in [0.1, 0.15) is 5.75 Å². The Morgan fingerprint density at radius 2 is 1.30 bits per heavy atom. The Morgan fingerprint density at radius 1 is 0.697 bits per heavy atom. The standard InChI is InChI=1S/C30H24N2O/c1-33-28-20-18-26(19-21-28)30-22-29(31-32(30)27-10-6-3-7-11-27)25-16-14-24(15-17-25)13-12-23-8-4-2-5-9-23/h2-11,14-22,30-31H,1H3. The third-order valence-corrected chi connectivity index (χ3v) is 5.66. The summed E-state index contributed by atoms with van der Waals surface area (Å²) in [6.45, 7) is 0. The quantitative estimate of drug-likeness (QED) is 0.392. The lowest BCUT2D eigenvalue weighted by molar-refractivity contribution is 0.414. The lowest BCUT2D eigenvalue weighted by Crippen LogP contribution is -2.33. The molecule has 1 heterocycles. The Bertz CT molecular complexity index is 1300. The third-order valence-electron chi connectivity index (χ3n) is 5.66. The van der Waals surface area contributed by atoms with E-state index in [4.69, 9.17) is 4.74 Å². The molecule has 160 valence electrons. The summed E-state index contributed by atoms with van der Waals surface area (Å²) in [6.07, 6.45) is 2.26. The molecule has 0 saturated carbocycles. The van der Waals surface area contributed by atoms with Gasteiger partial charge in [-0.1, -0.05) is 72.5 Å². The first-order valence-electron chi connectivity index (χ1n) is 10.9. The van der Waals surface area contributed by atoms with Gasteiger partial charge in [0, 0.05) is 11.1 Å². The molecule has 4 aromatic rings. The maximum Gasteiger partial charge on any atom is 0.118 e. The van der Waals surface area contributed by atoms with Crippen LogP contribution in [0.25, 0.3) is 5.70 Å². The van der Waals surface area contributed by atoms with Crippen LogP contribution in [0.5, 0.6) is 5.75 Å². The second-order valence-corrected chi connectivity index (χ2v) is 7.81. The Hall–Kier alpha value is -4.42. The minimum atomic E-state index is 0.0610. The van der Waals surface area contributed by atoms with E-state index in [1.165, 1.54) is 5.56 Å². The smallest absolute Gasteiger partial charge is 0.118 e. The molecule has 3 heteroatoms. The van der Waals surface area contributed by atoms with Crippen molar-refractivity contribution in [1.82, 2.24) is 5.43 Å². The van der Waals surface area contributed by atoms with E-state index in [1.807, 2.05) is 48.5 Å². The summed E-state index contributed by atoms with van der Waals surface area (Å²) >= 11 is 0. The molecule has 1 N–H and O–H groups in total. The maximum absolute atomic E-state index is 5.34. The van der Waals surface area contributed by atoms with Crippen molar-refractivity contribution in [3.63, 3.8) is 0 Å². The van der Waals surface area contributed by atoms with Crippen LogP contribution in [0.1, 0.15) is 28.3 Å². The van der Waals surface area contributed by atoms with Crippen LogP contribution in [0.3, 0.4) is 0 Å². The van der Waals surface area contributed by atoms with E-state index in [2.05, 4.69) is 89.0 Å². The van der Waals surface area contributed by atoms with Crippen molar-refractivity contribution < 1.29 is 4.74 Å². The highest BCUT2D eigenvalue weighted by Crippen LogP contribution is 2.35. The Labute approximate surface area is 194 Å². The molecule has 0 bridgehead atoms. The van der Waals surface area contributed by atoms with E-state index in [0.717, 1.165) is 33.8 Å². The molecule has 1 unspecified atom stereocenters. The molecule has 1 atom stereocenters. The van der Waals surface area contributed by atoms with E-state index < -0.39 is 0 Å². The van der Waals surface area contributed by atoms with Crippen LogP contribution in [0.4, 0.5) is 5.69 Å². The van der Waals surface area contributed by atoms with E-state index in [0.29, 0.717) is 0 Å². The number of hydrogen-bond acceptors (Lipinski definition) is 3. The van der Waals surface area contributed by atoms with Crippen molar-refractivity contribution in [3.8, 4) is 17.6 Å². The van der Waals surface area contributed by atoms with Gasteiger partial charge in [0.2, 0.25) is 0 Å². The van der Waals surface area contributed by atoms with E-state index in [-0.39, 0.29) is 6.04 Å². The molecule has 0 saturated heterocycles. The SMILES string of the molecule is COc1ccc(C2C=C(c3ccc(C#Cc4ccccc4)cc3)NN2c2ccccc2)cc1. The lowest BCUT2D eigenvalue weighted by atomic mass is 10.0. The van der Waals surface area contributed by atoms with Crippen LogP contribution >= 0.6 is 0 Å². The van der Waals surface area contributed by atoms with Crippen molar-refractivity contribution >= 4 is 11.4 Å². The number of ether oxygens (including phenoxy) is 1. The topological polar surface area (TPSA) is 24.5 Å². The van der Waals surface area contributed by atoms with Gasteiger partial charge < -0.3 is 4.74 Å². The third kappa shape index (κ3) is 4.61. The summed E-state index contributed by atoms with van der Waals surface area (Å²) in [5, 5.41) is 2.19. The van der Waals surface area contributed by atoms with E-state index >= 15 is 0 Å². The summed E-state index contributed by atoms with van der Waals surface area (Å²) in [4.78, 5) is 0. The first-order valence-corrected chi connectivity index (χ1v) is 10.9. The van der Waals surface area contributed by atoms with Gasteiger partial charge in [-0.25, -0.2) is 0 Å². The minimum Gasteiger partial charge on any atom is -0.497 e. The number of rotatable bonds is 4. The van der Waals surface area contributed by atoms with Gasteiger partial charge >= 0.3 is 0 Å². The van der Waals surface area contributed by atoms with Gasteiger partial charge in [-0.3, -0.25) is 10.4 Å². The number of methoxy groups -OCH3 is 1. The fourth-order valence-corrected chi connectivity index (χ4v) is 3.89.